The molecule has 0 aliphatic rings. The first-order valence-electron chi connectivity index (χ1n) is 9.23. The number of esters is 1. The van der Waals surface area contributed by atoms with Gasteiger partial charge in [-0.05, 0) is 40.8 Å². The average Bonchev–Trinajstić information content (AvgIpc) is 3.01. The number of aryl methyl sites for hydroxylation is 1. The molecule has 0 aliphatic carbocycles. The molecule has 2 N–H and O–H groups in total. The fourth-order valence-electron chi connectivity index (χ4n) is 2.67. The fraction of sp³-hybridized carbons (Fsp3) is 0.722. The Morgan fingerprint density at radius 3 is 2.50 bits per heavy atom. The van der Waals surface area contributed by atoms with Gasteiger partial charge in [0.1, 0.15) is 9.88 Å². The van der Waals surface area contributed by atoms with Crippen molar-refractivity contribution >= 4 is 23.3 Å². The average molecular weight is 384 g/mol. The lowest BCUT2D eigenvalue weighted by atomic mass is 10.3. The number of ether oxygens (including phenoxy) is 1. The van der Waals surface area contributed by atoms with E-state index in [4.69, 9.17) is 4.74 Å². The summed E-state index contributed by atoms with van der Waals surface area (Å²) in [6, 6.07) is 0.355. The van der Waals surface area contributed by atoms with Crippen LogP contribution in [0.15, 0.2) is 4.99 Å². The summed E-state index contributed by atoms with van der Waals surface area (Å²) in [5.41, 5.74) is 0.704. The number of hydrogen-bond acceptors (Lipinski definition) is 6. The molecule has 0 aliphatic heterocycles. The van der Waals surface area contributed by atoms with Gasteiger partial charge in [-0.2, -0.15) is 0 Å². The van der Waals surface area contributed by atoms with Crippen molar-refractivity contribution in [1.82, 2.24) is 20.5 Å². The summed E-state index contributed by atoms with van der Waals surface area (Å²) in [7, 11) is 1.75. The molecular formula is C18H33N5O2S. The molecule has 26 heavy (non-hydrogen) atoms. The number of rotatable bonds is 9. The SMILES string of the molecule is CCOC(=O)c1sc(C(C)NC(=NC)NCC(C)N(CC)CC)nc1C. The number of guanidine groups is 1. The number of carbonyl (C=O) groups is 1. The lowest BCUT2D eigenvalue weighted by Crippen LogP contribution is -2.46. The lowest BCUT2D eigenvalue weighted by Gasteiger charge is -2.27. The van der Waals surface area contributed by atoms with Crippen molar-refractivity contribution < 1.29 is 9.53 Å². The Hall–Kier alpha value is -1.67. The summed E-state index contributed by atoms with van der Waals surface area (Å²) in [6.45, 7) is 15.4. The summed E-state index contributed by atoms with van der Waals surface area (Å²) in [5.74, 6) is 0.415. The van der Waals surface area contributed by atoms with Gasteiger partial charge in [-0.25, -0.2) is 9.78 Å². The second-order valence-electron chi connectivity index (χ2n) is 6.08. The standard InChI is InChI=1S/C18H33N5O2S/c1-8-23(9-2)12(4)11-20-18(19-7)22-14(6)16-21-13(5)15(26-16)17(24)25-10-3/h12,14H,8-11H2,1-7H3,(H2,19,20,22). The Bertz CT molecular complexity index is 598. The van der Waals surface area contributed by atoms with E-state index in [0.717, 1.165) is 30.6 Å². The van der Waals surface area contributed by atoms with Crippen molar-refractivity contribution in [3.8, 4) is 0 Å². The molecule has 0 radical (unpaired) electrons. The highest BCUT2D eigenvalue weighted by Crippen LogP contribution is 2.24. The molecule has 1 aromatic heterocycles. The van der Waals surface area contributed by atoms with Crippen LogP contribution in [0, 0.1) is 6.92 Å². The molecule has 0 spiro atoms. The van der Waals surface area contributed by atoms with Crippen molar-refractivity contribution in [2.45, 2.75) is 53.6 Å². The number of likely N-dealkylation sites (N-methyl/N-ethyl adjacent to an activating group) is 1. The minimum atomic E-state index is -0.309. The normalized spacial score (nSPS) is 14.2. The topological polar surface area (TPSA) is 78.8 Å². The highest BCUT2D eigenvalue weighted by molar-refractivity contribution is 7.13. The number of nitrogens with zero attached hydrogens (tertiary/aromatic N) is 3. The first-order valence-corrected chi connectivity index (χ1v) is 10.0. The van der Waals surface area contributed by atoms with Gasteiger partial charge in [0.25, 0.3) is 0 Å². The van der Waals surface area contributed by atoms with Gasteiger partial charge in [0.15, 0.2) is 5.96 Å². The van der Waals surface area contributed by atoms with Crippen LogP contribution in [0.2, 0.25) is 0 Å². The van der Waals surface area contributed by atoms with E-state index >= 15 is 0 Å². The van der Waals surface area contributed by atoms with Crippen molar-refractivity contribution in [2.24, 2.45) is 4.99 Å². The monoisotopic (exact) mass is 383 g/mol. The molecule has 1 aromatic rings. The Morgan fingerprint density at radius 1 is 1.31 bits per heavy atom. The molecule has 8 heteroatoms. The molecule has 1 heterocycles. The molecule has 7 nitrogen and oxygen atoms in total. The van der Waals surface area contributed by atoms with Crippen LogP contribution in [0.4, 0.5) is 0 Å². The zero-order valence-corrected chi connectivity index (χ0v) is 17.9. The summed E-state index contributed by atoms with van der Waals surface area (Å²) in [6.07, 6.45) is 0. The maximum Gasteiger partial charge on any atom is 0.350 e. The van der Waals surface area contributed by atoms with E-state index in [1.165, 1.54) is 11.3 Å². The third-order valence-corrected chi connectivity index (χ3v) is 5.54. The molecule has 1 rings (SSSR count). The van der Waals surface area contributed by atoms with E-state index in [1.807, 2.05) is 13.8 Å². The predicted molar refractivity (Wildman–Crippen MR) is 108 cm³/mol. The Kier molecular flexibility index (Phi) is 9.58. The van der Waals surface area contributed by atoms with Gasteiger partial charge in [-0.1, -0.05) is 13.8 Å². The second-order valence-corrected chi connectivity index (χ2v) is 7.11. The highest BCUT2D eigenvalue weighted by atomic mass is 32.1. The number of aliphatic imine (C=N–C) groups is 1. The maximum atomic E-state index is 12.0. The fourth-order valence-corrected chi connectivity index (χ4v) is 3.63. The summed E-state index contributed by atoms with van der Waals surface area (Å²) in [4.78, 5) is 23.7. The first-order chi connectivity index (χ1) is 12.4. The zero-order chi connectivity index (χ0) is 19.7. The van der Waals surface area contributed by atoms with Crippen LogP contribution in [0.25, 0.3) is 0 Å². The summed E-state index contributed by atoms with van der Waals surface area (Å²) in [5, 5.41) is 7.55. The number of thiazole rings is 1. The van der Waals surface area contributed by atoms with Crippen LogP contribution in [0.5, 0.6) is 0 Å². The smallest absolute Gasteiger partial charge is 0.350 e. The van der Waals surface area contributed by atoms with Crippen LogP contribution < -0.4 is 10.6 Å². The van der Waals surface area contributed by atoms with Crippen LogP contribution in [0.3, 0.4) is 0 Å². The van der Waals surface area contributed by atoms with Gasteiger partial charge in [-0.3, -0.25) is 9.89 Å². The van der Waals surface area contributed by atoms with E-state index in [1.54, 1.807) is 14.0 Å². The van der Waals surface area contributed by atoms with E-state index < -0.39 is 0 Å². The molecule has 0 saturated carbocycles. The molecule has 0 bridgehead atoms. The Morgan fingerprint density at radius 2 is 1.96 bits per heavy atom. The molecule has 148 valence electrons. The van der Waals surface area contributed by atoms with Crippen molar-refractivity contribution in [1.29, 1.82) is 0 Å². The van der Waals surface area contributed by atoms with Gasteiger partial charge in [0.05, 0.1) is 18.3 Å². The summed E-state index contributed by atoms with van der Waals surface area (Å²) >= 11 is 1.37. The Balaban J connectivity index is 2.69. The molecule has 2 atom stereocenters. The van der Waals surface area contributed by atoms with Gasteiger partial charge in [0.2, 0.25) is 0 Å². The molecule has 0 saturated heterocycles. The molecular weight excluding hydrogens is 350 g/mol. The lowest BCUT2D eigenvalue weighted by molar-refractivity contribution is 0.0531. The first kappa shape index (κ1) is 22.4. The van der Waals surface area contributed by atoms with E-state index in [-0.39, 0.29) is 12.0 Å². The predicted octanol–water partition coefficient (Wildman–Crippen LogP) is 2.58. The van der Waals surface area contributed by atoms with Crippen molar-refractivity contribution in [3.05, 3.63) is 15.6 Å². The van der Waals surface area contributed by atoms with Crippen LogP contribution in [-0.2, 0) is 4.74 Å². The van der Waals surface area contributed by atoms with Crippen molar-refractivity contribution in [3.63, 3.8) is 0 Å². The number of carbonyl (C=O) groups excluding carboxylic acids is 1. The van der Waals surface area contributed by atoms with Gasteiger partial charge < -0.3 is 15.4 Å². The Labute approximate surface area is 161 Å². The highest BCUT2D eigenvalue weighted by Gasteiger charge is 2.20. The summed E-state index contributed by atoms with van der Waals surface area (Å²) < 4.78 is 5.08. The molecule has 0 aromatic carbocycles. The van der Waals surface area contributed by atoms with E-state index in [2.05, 4.69) is 46.3 Å². The third-order valence-electron chi connectivity index (χ3n) is 4.22. The van der Waals surface area contributed by atoms with Gasteiger partial charge >= 0.3 is 5.97 Å². The van der Waals surface area contributed by atoms with Gasteiger partial charge in [0, 0.05) is 19.6 Å². The number of hydrogen-bond donors (Lipinski definition) is 2. The van der Waals surface area contributed by atoms with Crippen LogP contribution >= 0.6 is 11.3 Å². The largest absolute Gasteiger partial charge is 0.462 e. The maximum absolute atomic E-state index is 12.0. The quantitative estimate of drug-likeness (QED) is 0.388. The number of nitrogens with one attached hydrogen (secondary N) is 2. The van der Waals surface area contributed by atoms with Crippen LogP contribution in [-0.4, -0.2) is 61.1 Å². The van der Waals surface area contributed by atoms with Gasteiger partial charge in [-0.15, -0.1) is 11.3 Å². The minimum Gasteiger partial charge on any atom is -0.462 e. The number of aromatic nitrogens is 1. The van der Waals surface area contributed by atoms with Crippen LogP contribution in [0.1, 0.15) is 61.0 Å². The molecule has 2 unspecified atom stereocenters. The van der Waals surface area contributed by atoms with E-state index in [0.29, 0.717) is 23.2 Å². The third kappa shape index (κ3) is 6.25. The second kappa shape index (κ2) is 11.1. The van der Waals surface area contributed by atoms with Crippen molar-refractivity contribution in [2.75, 3.05) is 33.3 Å². The molecule has 0 fully saturated rings. The molecule has 0 amide bonds. The minimum absolute atomic E-state index is 0.0585. The zero-order valence-electron chi connectivity index (χ0n) is 17.0. The van der Waals surface area contributed by atoms with E-state index in [9.17, 15) is 4.79 Å².